The number of aromatic nitrogens is 1. The first-order valence-corrected chi connectivity index (χ1v) is 7.31. The van der Waals surface area contributed by atoms with Gasteiger partial charge in [-0.15, -0.1) is 0 Å². The van der Waals surface area contributed by atoms with Gasteiger partial charge in [-0.25, -0.2) is 4.79 Å². The van der Waals surface area contributed by atoms with E-state index in [9.17, 15) is 4.79 Å². The molecule has 2 heterocycles. The van der Waals surface area contributed by atoms with Gasteiger partial charge in [0.2, 0.25) is 0 Å². The molecule has 0 aliphatic heterocycles. The Morgan fingerprint density at radius 1 is 1.13 bits per heavy atom. The third kappa shape index (κ3) is 3.77. The third-order valence-electron chi connectivity index (χ3n) is 3.39. The summed E-state index contributed by atoms with van der Waals surface area (Å²) in [5, 5.41) is 5.63. The highest BCUT2D eigenvalue weighted by molar-refractivity contribution is 5.89. The van der Waals surface area contributed by atoms with Crippen LogP contribution in [0.2, 0.25) is 0 Å². The predicted octanol–water partition coefficient (Wildman–Crippen LogP) is 3.97. The molecule has 3 aromatic rings. The molecule has 2 N–H and O–H groups in total. The van der Waals surface area contributed by atoms with Gasteiger partial charge in [-0.05, 0) is 37.3 Å². The van der Waals surface area contributed by atoms with Crippen molar-refractivity contribution < 1.29 is 9.21 Å². The summed E-state index contributed by atoms with van der Waals surface area (Å²) in [5.74, 6) is 0.682. The first-order chi connectivity index (χ1) is 11.2. The largest absolute Gasteiger partial charge is 0.463 e. The maximum absolute atomic E-state index is 12.0. The third-order valence-corrected chi connectivity index (χ3v) is 3.39. The number of urea groups is 1. The van der Waals surface area contributed by atoms with Crippen LogP contribution >= 0.6 is 0 Å². The van der Waals surface area contributed by atoms with Gasteiger partial charge in [0.25, 0.3) is 0 Å². The molecular weight excluding hydrogens is 290 g/mol. The number of amides is 2. The lowest BCUT2D eigenvalue weighted by Crippen LogP contribution is -2.28. The molecule has 0 aliphatic rings. The number of anilines is 1. The molecular formula is C18H17N3O2. The Hall–Kier alpha value is -3.08. The molecule has 5 heteroatoms. The Balaban J connectivity index is 1.64. The minimum absolute atomic E-state index is 0.261. The standard InChI is InChI=1S/C18H17N3O2/c1-13-6-8-15(9-7-13)21-18(22)20-12-14-4-2-10-19-17(14)16-5-3-11-23-16/h2-11H,12H2,1H3,(H2,20,21,22). The van der Waals surface area contributed by atoms with E-state index in [1.54, 1.807) is 12.5 Å². The fourth-order valence-electron chi connectivity index (χ4n) is 2.20. The molecule has 3 rings (SSSR count). The smallest absolute Gasteiger partial charge is 0.319 e. The fourth-order valence-corrected chi connectivity index (χ4v) is 2.20. The molecule has 0 radical (unpaired) electrons. The van der Waals surface area contributed by atoms with Gasteiger partial charge in [0.1, 0.15) is 5.69 Å². The number of carbonyl (C=O) groups excluding carboxylic acids is 1. The summed E-state index contributed by atoms with van der Waals surface area (Å²) in [6.07, 6.45) is 3.30. The number of rotatable bonds is 4. The number of furan rings is 1. The van der Waals surface area contributed by atoms with Crippen LogP contribution in [-0.2, 0) is 6.54 Å². The molecule has 0 saturated heterocycles. The zero-order chi connectivity index (χ0) is 16.1. The second kappa shape index (κ2) is 6.79. The van der Waals surface area contributed by atoms with Crippen molar-refractivity contribution in [1.82, 2.24) is 10.3 Å². The molecule has 0 bridgehead atoms. The Labute approximate surface area is 134 Å². The van der Waals surface area contributed by atoms with Gasteiger partial charge in [0, 0.05) is 24.0 Å². The summed E-state index contributed by atoms with van der Waals surface area (Å²) in [4.78, 5) is 16.3. The number of pyridine rings is 1. The minimum Gasteiger partial charge on any atom is -0.463 e. The zero-order valence-electron chi connectivity index (χ0n) is 12.7. The number of nitrogens with zero attached hydrogens (tertiary/aromatic N) is 1. The van der Waals surface area contributed by atoms with E-state index in [1.807, 2.05) is 55.5 Å². The first kappa shape index (κ1) is 14.8. The van der Waals surface area contributed by atoms with Crippen LogP contribution in [0.3, 0.4) is 0 Å². The molecule has 0 fully saturated rings. The molecule has 0 atom stereocenters. The maximum atomic E-state index is 12.0. The number of nitrogens with one attached hydrogen (secondary N) is 2. The molecule has 0 aliphatic carbocycles. The van der Waals surface area contributed by atoms with E-state index in [1.165, 1.54) is 0 Å². The highest BCUT2D eigenvalue weighted by Crippen LogP contribution is 2.21. The van der Waals surface area contributed by atoms with Gasteiger partial charge in [0.15, 0.2) is 5.76 Å². The topological polar surface area (TPSA) is 67.2 Å². The first-order valence-electron chi connectivity index (χ1n) is 7.31. The summed E-state index contributed by atoms with van der Waals surface area (Å²) in [7, 11) is 0. The second-order valence-electron chi connectivity index (χ2n) is 5.16. The van der Waals surface area contributed by atoms with Crippen LogP contribution in [0.4, 0.5) is 10.5 Å². The summed E-state index contributed by atoms with van der Waals surface area (Å²) in [6, 6.07) is 14.8. The SMILES string of the molecule is Cc1ccc(NC(=O)NCc2cccnc2-c2ccco2)cc1. The van der Waals surface area contributed by atoms with Crippen LogP contribution in [0.1, 0.15) is 11.1 Å². The highest BCUT2D eigenvalue weighted by Gasteiger charge is 2.10. The van der Waals surface area contributed by atoms with Crippen molar-refractivity contribution in [3.8, 4) is 11.5 Å². The van der Waals surface area contributed by atoms with Gasteiger partial charge in [-0.1, -0.05) is 23.8 Å². The lowest BCUT2D eigenvalue weighted by Gasteiger charge is -2.10. The summed E-state index contributed by atoms with van der Waals surface area (Å²) in [6.45, 7) is 2.37. The van der Waals surface area contributed by atoms with Crippen molar-refractivity contribution in [3.63, 3.8) is 0 Å². The normalized spacial score (nSPS) is 10.3. The second-order valence-corrected chi connectivity index (χ2v) is 5.16. The monoisotopic (exact) mass is 307 g/mol. The number of hydrogen-bond acceptors (Lipinski definition) is 3. The van der Waals surface area contributed by atoms with Crippen molar-refractivity contribution in [2.24, 2.45) is 0 Å². The number of carbonyl (C=O) groups is 1. The quantitative estimate of drug-likeness (QED) is 0.766. The van der Waals surface area contributed by atoms with Crippen LogP contribution in [0.5, 0.6) is 0 Å². The zero-order valence-corrected chi connectivity index (χ0v) is 12.7. The van der Waals surface area contributed by atoms with Crippen LogP contribution in [0.15, 0.2) is 65.4 Å². The number of aryl methyl sites for hydroxylation is 1. The molecule has 0 unspecified atom stereocenters. The molecule has 5 nitrogen and oxygen atoms in total. The van der Waals surface area contributed by atoms with E-state index in [0.717, 1.165) is 22.5 Å². The van der Waals surface area contributed by atoms with Crippen LogP contribution in [-0.4, -0.2) is 11.0 Å². The number of benzene rings is 1. The lowest BCUT2D eigenvalue weighted by atomic mass is 10.1. The predicted molar refractivity (Wildman–Crippen MR) is 89.0 cm³/mol. The minimum atomic E-state index is -0.261. The van der Waals surface area contributed by atoms with E-state index in [0.29, 0.717) is 12.3 Å². The Morgan fingerprint density at radius 3 is 2.70 bits per heavy atom. The van der Waals surface area contributed by atoms with Crippen molar-refractivity contribution in [2.45, 2.75) is 13.5 Å². The molecule has 0 spiro atoms. The Kier molecular flexibility index (Phi) is 4.38. The molecule has 2 aromatic heterocycles. The van der Waals surface area contributed by atoms with Gasteiger partial charge in [-0.3, -0.25) is 4.98 Å². The van der Waals surface area contributed by atoms with Crippen LogP contribution < -0.4 is 10.6 Å². The van der Waals surface area contributed by atoms with Crippen molar-refractivity contribution in [1.29, 1.82) is 0 Å². The van der Waals surface area contributed by atoms with Gasteiger partial charge in [-0.2, -0.15) is 0 Å². The van der Waals surface area contributed by atoms with Crippen LogP contribution in [0.25, 0.3) is 11.5 Å². The van der Waals surface area contributed by atoms with E-state index >= 15 is 0 Å². The Morgan fingerprint density at radius 2 is 1.96 bits per heavy atom. The lowest BCUT2D eigenvalue weighted by molar-refractivity contribution is 0.251. The molecule has 23 heavy (non-hydrogen) atoms. The average Bonchev–Trinajstić information content (AvgIpc) is 3.10. The van der Waals surface area contributed by atoms with Gasteiger partial charge < -0.3 is 15.1 Å². The van der Waals surface area contributed by atoms with Crippen molar-refractivity contribution in [2.75, 3.05) is 5.32 Å². The van der Waals surface area contributed by atoms with E-state index in [4.69, 9.17) is 4.42 Å². The maximum Gasteiger partial charge on any atom is 0.319 e. The summed E-state index contributed by atoms with van der Waals surface area (Å²) < 4.78 is 5.38. The van der Waals surface area contributed by atoms with Gasteiger partial charge >= 0.3 is 6.03 Å². The summed E-state index contributed by atoms with van der Waals surface area (Å²) >= 11 is 0. The van der Waals surface area contributed by atoms with Gasteiger partial charge in [0.05, 0.1) is 6.26 Å². The summed E-state index contributed by atoms with van der Waals surface area (Å²) in [5.41, 5.74) is 3.52. The fraction of sp³-hybridized carbons (Fsp3) is 0.111. The molecule has 0 saturated carbocycles. The molecule has 1 aromatic carbocycles. The molecule has 116 valence electrons. The number of hydrogen-bond donors (Lipinski definition) is 2. The van der Waals surface area contributed by atoms with Crippen molar-refractivity contribution in [3.05, 3.63) is 72.1 Å². The van der Waals surface area contributed by atoms with E-state index in [-0.39, 0.29) is 6.03 Å². The Bertz CT molecular complexity index is 780. The van der Waals surface area contributed by atoms with E-state index in [2.05, 4.69) is 15.6 Å². The average molecular weight is 307 g/mol. The molecule has 2 amide bonds. The van der Waals surface area contributed by atoms with E-state index < -0.39 is 0 Å². The highest BCUT2D eigenvalue weighted by atomic mass is 16.3. The van der Waals surface area contributed by atoms with Crippen molar-refractivity contribution >= 4 is 11.7 Å². The van der Waals surface area contributed by atoms with Crippen LogP contribution in [0, 0.1) is 6.92 Å².